The molecule has 20 heavy (non-hydrogen) atoms. The van der Waals surface area contributed by atoms with E-state index in [1.807, 2.05) is 12.1 Å². The molecule has 2 aromatic rings. The normalized spacial score (nSPS) is 13.3. The lowest BCUT2D eigenvalue weighted by Crippen LogP contribution is -2.20. The van der Waals surface area contributed by atoms with Crippen LogP contribution in [0.1, 0.15) is 27.6 Å². The van der Waals surface area contributed by atoms with Crippen molar-refractivity contribution in [1.82, 2.24) is 5.32 Å². The minimum atomic E-state index is -0.500. The van der Waals surface area contributed by atoms with Gasteiger partial charge in [-0.05, 0) is 26.7 Å². The summed E-state index contributed by atoms with van der Waals surface area (Å²) in [6.45, 7) is 1.35. The highest BCUT2D eigenvalue weighted by Crippen LogP contribution is 2.39. The lowest BCUT2D eigenvalue weighted by atomic mass is 9.98. The zero-order valence-electron chi connectivity index (χ0n) is 10.4. The molecule has 0 spiro atoms. The van der Waals surface area contributed by atoms with Crippen molar-refractivity contribution in [2.45, 2.75) is 6.92 Å². The van der Waals surface area contributed by atoms with E-state index in [1.54, 1.807) is 12.1 Å². The maximum atomic E-state index is 12.0. The molecule has 2 aromatic carbocycles. The summed E-state index contributed by atoms with van der Waals surface area (Å²) in [6.07, 6.45) is 0. The Kier molecular flexibility index (Phi) is 2.83. The van der Waals surface area contributed by atoms with E-state index in [4.69, 9.17) is 0 Å². The number of anilines is 1. The minimum Gasteiger partial charge on any atom is -0.325 e. The number of amides is 3. The number of benzene rings is 2. The molecule has 3 amide bonds. The van der Waals surface area contributed by atoms with Gasteiger partial charge in [0.1, 0.15) is 0 Å². The first kappa shape index (κ1) is 12.8. The van der Waals surface area contributed by atoms with Gasteiger partial charge in [0.05, 0.1) is 16.8 Å². The van der Waals surface area contributed by atoms with E-state index in [2.05, 4.69) is 26.6 Å². The van der Waals surface area contributed by atoms with Gasteiger partial charge < -0.3 is 5.32 Å². The third kappa shape index (κ3) is 1.72. The Labute approximate surface area is 122 Å². The summed E-state index contributed by atoms with van der Waals surface area (Å²) < 4.78 is 0.590. The maximum Gasteiger partial charge on any atom is 0.261 e. The number of fused-ring (bicyclic) bond motifs is 3. The van der Waals surface area contributed by atoms with Crippen molar-refractivity contribution in [3.63, 3.8) is 0 Å². The van der Waals surface area contributed by atoms with E-state index in [-0.39, 0.29) is 11.5 Å². The molecule has 0 aliphatic carbocycles. The van der Waals surface area contributed by atoms with Crippen molar-refractivity contribution in [3.8, 4) is 0 Å². The fourth-order valence-corrected chi connectivity index (χ4v) is 3.02. The van der Waals surface area contributed by atoms with Gasteiger partial charge in [0, 0.05) is 11.4 Å². The molecular formula is C14H9BrN2O3. The smallest absolute Gasteiger partial charge is 0.261 e. The predicted molar refractivity (Wildman–Crippen MR) is 77.7 cm³/mol. The quantitative estimate of drug-likeness (QED) is 0.787. The third-order valence-corrected chi connectivity index (χ3v) is 3.96. The molecule has 0 unspecified atom stereocenters. The number of hydrogen-bond donors (Lipinski definition) is 2. The van der Waals surface area contributed by atoms with E-state index in [1.165, 1.54) is 6.92 Å². The van der Waals surface area contributed by atoms with Gasteiger partial charge in [0.25, 0.3) is 11.8 Å². The highest BCUT2D eigenvalue weighted by molar-refractivity contribution is 9.10. The number of carbonyl (C=O) groups is 3. The molecular weight excluding hydrogens is 324 g/mol. The van der Waals surface area contributed by atoms with E-state index in [9.17, 15) is 14.4 Å². The van der Waals surface area contributed by atoms with E-state index in [0.29, 0.717) is 21.1 Å². The standard InChI is InChI=1S/C14H9BrN2O3/c1-6(18)16-12-10-9(13(19)17-14(10)20)7-4-2-3-5-8(7)11(12)15/h2-5H,1H3,(H,16,18)(H,17,19,20). The summed E-state index contributed by atoms with van der Waals surface area (Å²) in [6, 6.07) is 7.21. The fraction of sp³-hybridized carbons (Fsp3) is 0.0714. The van der Waals surface area contributed by atoms with Crippen molar-refractivity contribution in [3.05, 3.63) is 39.9 Å². The molecule has 2 N–H and O–H groups in total. The van der Waals surface area contributed by atoms with Crippen molar-refractivity contribution in [2.24, 2.45) is 0 Å². The number of hydrogen-bond acceptors (Lipinski definition) is 3. The Morgan fingerprint density at radius 1 is 1.10 bits per heavy atom. The summed E-state index contributed by atoms with van der Waals surface area (Å²) >= 11 is 3.41. The summed E-state index contributed by atoms with van der Waals surface area (Å²) in [7, 11) is 0. The maximum absolute atomic E-state index is 12.0. The Balaban J connectivity index is 2.48. The second-order valence-electron chi connectivity index (χ2n) is 4.45. The van der Waals surface area contributed by atoms with Crippen molar-refractivity contribution in [2.75, 3.05) is 5.32 Å². The Morgan fingerprint density at radius 3 is 2.35 bits per heavy atom. The first-order valence-electron chi connectivity index (χ1n) is 5.88. The molecule has 0 aromatic heterocycles. The lowest BCUT2D eigenvalue weighted by molar-refractivity contribution is -0.114. The number of rotatable bonds is 1. The molecule has 3 rings (SSSR count). The van der Waals surface area contributed by atoms with Gasteiger partial charge in [-0.25, -0.2) is 0 Å². The van der Waals surface area contributed by atoms with Crippen LogP contribution >= 0.6 is 15.9 Å². The molecule has 1 heterocycles. The second-order valence-corrected chi connectivity index (χ2v) is 5.24. The SMILES string of the molecule is CC(=O)Nc1c2c(c3ccccc3c1Br)C(=O)NC2=O. The van der Waals surface area contributed by atoms with Gasteiger partial charge in [-0.2, -0.15) is 0 Å². The Bertz CT molecular complexity index is 799. The van der Waals surface area contributed by atoms with E-state index in [0.717, 1.165) is 5.39 Å². The summed E-state index contributed by atoms with van der Waals surface area (Å²) in [5.41, 5.74) is 0.836. The van der Waals surface area contributed by atoms with Crippen LogP contribution in [-0.4, -0.2) is 17.7 Å². The van der Waals surface area contributed by atoms with Crippen LogP contribution < -0.4 is 10.6 Å². The molecule has 0 saturated heterocycles. The van der Waals surface area contributed by atoms with Crippen molar-refractivity contribution in [1.29, 1.82) is 0 Å². The highest BCUT2D eigenvalue weighted by atomic mass is 79.9. The summed E-state index contributed by atoms with van der Waals surface area (Å²) in [5, 5.41) is 6.32. The number of halogens is 1. The van der Waals surface area contributed by atoms with Gasteiger partial charge in [-0.1, -0.05) is 24.3 Å². The van der Waals surface area contributed by atoms with Crippen LogP contribution in [0.5, 0.6) is 0 Å². The first-order valence-corrected chi connectivity index (χ1v) is 6.67. The van der Waals surface area contributed by atoms with E-state index >= 15 is 0 Å². The van der Waals surface area contributed by atoms with Gasteiger partial charge in [-0.15, -0.1) is 0 Å². The zero-order valence-corrected chi connectivity index (χ0v) is 12.0. The summed E-state index contributed by atoms with van der Waals surface area (Å²) in [4.78, 5) is 35.3. The molecule has 0 fully saturated rings. The van der Waals surface area contributed by atoms with E-state index < -0.39 is 11.8 Å². The molecule has 6 heteroatoms. The molecule has 0 bridgehead atoms. The van der Waals surface area contributed by atoms with Crippen LogP contribution in [-0.2, 0) is 4.79 Å². The van der Waals surface area contributed by atoms with Crippen LogP contribution in [0.2, 0.25) is 0 Å². The van der Waals surface area contributed by atoms with Gasteiger partial charge in [-0.3, -0.25) is 19.7 Å². The fourth-order valence-electron chi connectivity index (χ4n) is 2.38. The molecule has 100 valence electrons. The van der Waals surface area contributed by atoms with Gasteiger partial charge in [0.2, 0.25) is 5.91 Å². The van der Waals surface area contributed by atoms with Crippen molar-refractivity contribution < 1.29 is 14.4 Å². The number of nitrogens with one attached hydrogen (secondary N) is 2. The molecule has 1 aliphatic heterocycles. The highest BCUT2D eigenvalue weighted by Gasteiger charge is 2.33. The molecule has 0 atom stereocenters. The molecule has 1 aliphatic rings. The average Bonchev–Trinajstić information content (AvgIpc) is 2.69. The largest absolute Gasteiger partial charge is 0.325 e. The van der Waals surface area contributed by atoms with Crippen LogP contribution in [0.3, 0.4) is 0 Å². The number of imide groups is 1. The van der Waals surface area contributed by atoms with Crippen molar-refractivity contribution >= 4 is 50.1 Å². The third-order valence-electron chi connectivity index (χ3n) is 3.13. The van der Waals surface area contributed by atoms with Crippen LogP contribution in [0.25, 0.3) is 10.8 Å². The molecule has 0 radical (unpaired) electrons. The Morgan fingerprint density at radius 2 is 1.70 bits per heavy atom. The van der Waals surface area contributed by atoms with Crippen LogP contribution in [0, 0.1) is 0 Å². The molecule has 5 nitrogen and oxygen atoms in total. The molecule has 0 saturated carbocycles. The minimum absolute atomic E-state index is 0.204. The van der Waals surface area contributed by atoms with Crippen LogP contribution in [0.15, 0.2) is 28.7 Å². The number of carbonyl (C=O) groups excluding carboxylic acids is 3. The topological polar surface area (TPSA) is 75.3 Å². The predicted octanol–water partition coefficient (Wildman–Crippen LogP) is 2.44. The van der Waals surface area contributed by atoms with Gasteiger partial charge in [0.15, 0.2) is 0 Å². The van der Waals surface area contributed by atoms with Gasteiger partial charge >= 0.3 is 0 Å². The second kappa shape index (κ2) is 4.42. The summed E-state index contributed by atoms with van der Waals surface area (Å²) in [5.74, 6) is -1.25. The zero-order chi connectivity index (χ0) is 14.4. The monoisotopic (exact) mass is 332 g/mol. The lowest BCUT2D eigenvalue weighted by Gasteiger charge is -2.13. The average molecular weight is 333 g/mol. The Hall–Kier alpha value is -2.21. The van der Waals surface area contributed by atoms with Crippen LogP contribution in [0.4, 0.5) is 5.69 Å². The first-order chi connectivity index (χ1) is 9.50.